The fourth-order valence-electron chi connectivity index (χ4n) is 1.59. The molecule has 0 aliphatic carbocycles. The number of aliphatic carboxylic acids is 1. The van der Waals surface area contributed by atoms with E-state index < -0.39 is 17.9 Å². The van der Waals surface area contributed by atoms with Crippen molar-refractivity contribution in [2.75, 3.05) is 13.2 Å². The average Bonchev–Trinajstić information content (AvgIpc) is 2.45. The molecule has 0 radical (unpaired) electrons. The van der Waals surface area contributed by atoms with E-state index >= 15 is 0 Å². The number of hydrogen-bond acceptors (Lipinski definition) is 4. The Labute approximate surface area is 124 Å². The highest BCUT2D eigenvalue weighted by Crippen LogP contribution is 2.28. The fraction of sp³-hybridized carbons (Fsp3) is 0.467. The second-order valence-corrected chi connectivity index (χ2v) is 4.48. The summed E-state index contributed by atoms with van der Waals surface area (Å²) < 4.78 is 11.0. The van der Waals surface area contributed by atoms with Crippen molar-refractivity contribution in [2.45, 2.75) is 33.2 Å². The maximum absolute atomic E-state index is 12.0. The Hall–Kier alpha value is -2.24. The first-order valence-electron chi connectivity index (χ1n) is 6.92. The van der Waals surface area contributed by atoms with E-state index in [1.807, 2.05) is 13.8 Å². The SMILES string of the molecule is CCCOc1ccc(C(=O)NC(C)C(=O)O)cc1OCC. The van der Waals surface area contributed by atoms with Crippen LogP contribution >= 0.6 is 0 Å². The highest BCUT2D eigenvalue weighted by atomic mass is 16.5. The molecule has 21 heavy (non-hydrogen) atoms. The highest BCUT2D eigenvalue weighted by molar-refractivity contribution is 5.97. The summed E-state index contributed by atoms with van der Waals surface area (Å²) in [6, 6.07) is 3.83. The van der Waals surface area contributed by atoms with Crippen LogP contribution in [0, 0.1) is 0 Å². The predicted molar refractivity (Wildman–Crippen MR) is 78.0 cm³/mol. The van der Waals surface area contributed by atoms with Gasteiger partial charge in [0, 0.05) is 5.56 Å². The van der Waals surface area contributed by atoms with E-state index in [4.69, 9.17) is 14.6 Å². The molecule has 2 N–H and O–H groups in total. The van der Waals surface area contributed by atoms with Gasteiger partial charge in [-0.2, -0.15) is 0 Å². The number of carbonyl (C=O) groups excluding carboxylic acids is 1. The van der Waals surface area contributed by atoms with Gasteiger partial charge in [0.15, 0.2) is 11.5 Å². The molecule has 1 atom stereocenters. The summed E-state index contributed by atoms with van der Waals surface area (Å²) in [5.74, 6) is -0.507. The van der Waals surface area contributed by atoms with Crippen molar-refractivity contribution >= 4 is 11.9 Å². The quantitative estimate of drug-likeness (QED) is 0.767. The van der Waals surface area contributed by atoms with Crippen LogP contribution in [0.15, 0.2) is 18.2 Å². The molecule has 116 valence electrons. The summed E-state index contributed by atoms with van der Waals surface area (Å²) in [5.41, 5.74) is 0.329. The van der Waals surface area contributed by atoms with E-state index in [0.29, 0.717) is 30.3 Å². The van der Waals surface area contributed by atoms with Gasteiger partial charge in [0.25, 0.3) is 5.91 Å². The Morgan fingerprint density at radius 1 is 1.24 bits per heavy atom. The molecular formula is C15H21NO5. The van der Waals surface area contributed by atoms with Crippen LogP contribution in [0.25, 0.3) is 0 Å². The zero-order valence-electron chi connectivity index (χ0n) is 12.5. The summed E-state index contributed by atoms with van der Waals surface area (Å²) in [4.78, 5) is 22.7. The normalized spacial score (nSPS) is 11.6. The van der Waals surface area contributed by atoms with Crippen molar-refractivity contribution in [3.8, 4) is 11.5 Å². The molecule has 1 aromatic rings. The van der Waals surface area contributed by atoms with Crippen LogP contribution in [-0.4, -0.2) is 36.2 Å². The third kappa shape index (κ3) is 4.98. The highest BCUT2D eigenvalue weighted by Gasteiger charge is 2.17. The van der Waals surface area contributed by atoms with Crippen molar-refractivity contribution in [3.05, 3.63) is 23.8 Å². The van der Waals surface area contributed by atoms with Crippen molar-refractivity contribution in [1.82, 2.24) is 5.32 Å². The van der Waals surface area contributed by atoms with Crippen LogP contribution in [0.5, 0.6) is 11.5 Å². The minimum Gasteiger partial charge on any atom is -0.490 e. The second kappa shape index (κ2) is 8.14. The molecule has 6 heteroatoms. The minimum atomic E-state index is -1.09. The summed E-state index contributed by atoms with van der Waals surface area (Å²) in [6.45, 7) is 6.24. The van der Waals surface area contributed by atoms with Gasteiger partial charge in [0.2, 0.25) is 0 Å². The maximum Gasteiger partial charge on any atom is 0.325 e. The molecule has 0 fully saturated rings. The summed E-state index contributed by atoms with van der Waals surface area (Å²) in [5, 5.41) is 11.2. The Kier molecular flexibility index (Phi) is 6.52. The molecule has 0 aliphatic rings. The van der Waals surface area contributed by atoms with Gasteiger partial charge in [-0.15, -0.1) is 0 Å². The van der Waals surface area contributed by atoms with Crippen molar-refractivity contribution in [2.24, 2.45) is 0 Å². The van der Waals surface area contributed by atoms with Crippen molar-refractivity contribution < 1.29 is 24.2 Å². The van der Waals surface area contributed by atoms with Crippen LogP contribution in [0.3, 0.4) is 0 Å². The molecule has 0 saturated carbocycles. The maximum atomic E-state index is 12.0. The van der Waals surface area contributed by atoms with Gasteiger partial charge in [-0.1, -0.05) is 6.92 Å². The second-order valence-electron chi connectivity index (χ2n) is 4.48. The minimum absolute atomic E-state index is 0.329. The molecular weight excluding hydrogens is 274 g/mol. The van der Waals surface area contributed by atoms with E-state index in [1.165, 1.54) is 6.92 Å². The van der Waals surface area contributed by atoms with E-state index in [2.05, 4.69) is 5.32 Å². The largest absolute Gasteiger partial charge is 0.490 e. The van der Waals surface area contributed by atoms with E-state index in [0.717, 1.165) is 6.42 Å². The standard InChI is InChI=1S/C15H21NO5/c1-4-8-21-12-7-6-11(9-13(12)20-5-2)14(17)16-10(3)15(18)19/h6-7,9-10H,4-5,8H2,1-3H3,(H,16,17)(H,18,19). The number of carboxylic acid groups (broad SMARTS) is 1. The Morgan fingerprint density at radius 3 is 2.52 bits per heavy atom. The molecule has 1 aromatic carbocycles. The first-order valence-corrected chi connectivity index (χ1v) is 6.92. The van der Waals surface area contributed by atoms with Gasteiger partial charge in [-0.05, 0) is 38.5 Å². The number of rotatable bonds is 8. The summed E-state index contributed by atoms with van der Waals surface area (Å²) in [6.07, 6.45) is 0.865. The van der Waals surface area contributed by atoms with E-state index in [1.54, 1.807) is 18.2 Å². The Balaban J connectivity index is 2.90. The van der Waals surface area contributed by atoms with Gasteiger partial charge >= 0.3 is 5.97 Å². The molecule has 1 unspecified atom stereocenters. The number of nitrogens with one attached hydrogen (secondary N) is 1. The summed E-state index contributed by atoms with van der Waals surface area (Å²) in [7, 11) is 0. The lowest BCUT2D eigenvalue weighted by Crippen LogP contribution is -2.38. The van der Waals surface area contributed by atoms with Gasteiger partial charge in [-0.25, -0.2) is 0 Å². The van der Waals surface area contributed by atoms with Gasteiger partial charge < -0.3 is 19.9 Å². The third-order valence-electron chi connectivity index (χ3n) is 2.69. The molecule has 0 saturated heterocycles. The average molecular weight is 295 g/mol. The number of benzene rings is 1. The van der Waals surface area contributed by atoms with Crippen LogP contribution in [0.1, 0.15) is 37.6 Å². The van der Waals surface area contributed by atoms with Crippen LogP contribution in [0.4, 0.5) is 0 Å². The molecule has 6 nitrogen and oxygen atoms in total. The van der Waals surface area contributed by atoms with Crippen LogP contribution in [-0.2, 0) is 4.79 Å². The Bertz CT molecular complexity index is 501. The first kappa shape index (κ1) is 16.8. The van der Waals surface area contributed by atoms with Crippen molar-refractivity contribution in [3.63, 3.8) is 0 Å². The van der Waals surface area contributed by atoms with Crippen molar-refractivity contribution in [1.29, 1.82) is 0 Å². The van der Waals surface area contributed by atoms with Gasteiger partial charge in [-0.3, -0.25) is 9.59 Å². The number of carboxylic acids is 1. The zero-order valence-corrected chi connectivity index (χ0v) is 12.5. The molecule has 0 aliphatic heterocycles. The smallest absolute Gasteiger partial charge is 0.325 e. The van der Waals surface area contributed by atoms with E-state index in [9.17, 15) is 9.59 Å². The molecule has 0 aromatic heterocycles. The number of carbonyl (C=O) groups is 2. The molecule has 0 heterocycles. The topological polar surface area (TPSA) is 84.9 Å². The monoisotopic (exact) mass is 295 g/mol. The third-order valence-corrected chi connectivity index (χ3v) is 2.69. The number of amides is 1. The van der Waals surface area contributed by atoms with Crippen LogP contribution < -0.4 is 14.8 Å². The fourth-order valence-corrected chi connectivity index (χ4v) is 1.59. The lowest BCUT2D eigenvalue weighted by atomic mass is 10.1. The molecule has 1 rings (SSSR count). The lowest BCUT2D eigenvalue weighted by Gasteiger charge is -2.14. The number of hydrogen-bond donors (Lipinski definition) is 2. The summed E-state index contributed by atoms with van der Waals surface area (Å²) >= 11 is 0. The van der Waals surface area contributed by atoms with Gasteiger partial charge in [0.1, 0.15) is 6.04 Å². The van der Waals surface area contributed by atoms with E-state index in [-0.39, 0.29) is 0 Å². The van der Waals surface area contributed by atoms with Gasteiger partial charge in [0.05, 0.1) is 13.2 Å². The number of ether oxygens (including phenoxy) is 2. The molecule has 0 spiro atoms. The Morgan fingerprint density at radius 2 is 1.95 bits per heavy atom. The first-order chi connectivity index (χ1) is 9.99. The zero-order chi connectivity index (χ0) is 15.8. The molecule has 1 amide bonds. The lowest BCUT2D eigenvalue weighted by molar-refractivity contribution is -0.138. The van der Waals surface area contributed by atoms with Crippen LogP contribution in [0.2, 0.25) is 0 Å². The predicted octanol–water partition coefficient (Wildman–Crippen LogP) is 2.08. The molecule has 0 bridgehead atoms.